The van der Waals surface area contributed by atoms with Crippen molar-refractivity contribution in [2.75, 3.05) is 25.5 Å². The van der Waals surface area contributed by atoms with E-state index in [9.17, 15) is 8.78 Å². The third-order valence-corrected chi connectivity index (χ3v) is 2.43. The smallest absolute Gasteiger partial charge is 0.265 e. The van der Waals surface area contributed by atoms with Crippen molar-refractivity contribution in [1.29, 1.82) is 0 Å². The number of hydrogen-bond donors (Lipinski definition) is 2. The van der Waals surface area contributed by atoms with E-state index in [0.717, 1.165) is 11.3 Å². The summed E-state index contributed by atoms with van der Waals surface area (Å²) in [7, 11) is 3.90. The molecule has 0 heterocycles. The molecule has 0 aromatic heterocycles. The highest BCUT2D eigenvalue weighted by molar-refractivity contribution is 5.45. The zero-order valence-corrected chi connectivity index (χ0v) is 10.0. The van der Waals surface area contributed by atoms with Gasteiger partial charge in [-0.2, -0.15) is 0 Å². The van der Waals surface area contributed by atoms with Crippen molar-refractivity contribution >= 4 is 5.69 Å². The van der Waals surface area contributed by atoms with Crippen molar-refractivity contribution in [3.8, 4) is 0 Å². The first-order valence-corrected chi connectivity index (χ1v) is 5.44. The van der Waals surface area contributed by atoms with Crippen LogP contribution >= 0.6 is 0 Å². The van der Waals surface area contributed by atoms with E-state index in [1.165, 1.54) is 0 Å². The Morgan fingerprint density at radius 1 is 1.24 bits per heavy atom. The van der Waals surface area contributed by atoms with E-state index < -0.39 is 12.5 Å². The minimum absolute atomic E-state index is 0.104. The minimum atomic E-state index is -2.70. The molecular formula is C12H18F2N2O. The summed E-state index contributed by atoms with van der Waals surface area (Å²) in [5.41, 5.74) is 2.08. The van der Waals surface area contributed by atoms with Gasteiger partial charge in [0, 0.05) is 32.9 Å². The minimum Gasteiger partial charge on any atom is -0.386 e. The number of anilines is 1. The van der Waals surface area contributed by atoms with Crippen molar-refractivity contribution in [2.45, 2.75) is 19.1 Å². The zero-order valence-electron chi connectivity index (χ0n) is 10.0. The summed E-state index contributed by atoms with van der Waals surface area (Å²) < 4.78 is 24.0. The molecule has 96 valence electrons. The number of aliphatic hydroxyl groups excluding tert-OH is 1. The second-order valence-electron chi connectivity index (χ2n) is 4.09. The number of nitrogens with zero attached hydrogens (tertiary/aromatic N) is 1. The SMILES string of the molecule is CN(C)c1ccc(CNCC(O)C(F)F)cc1. The number of benzene rings is 1. The molecular weight excluding hydrogens is 226 g/mol. The lowest BCUT2D eigenvalue weighted by molar-refractivity contribution is -0.00340. The van der Waals surface area contributed by atoms with Crippen LogP contribution in [-0.4, -0.2) is 38.3 Å². The average Bonchev–Trinajstić information content (AvgIpc) is 2.29. The number of halogens is 2. The summed E-state index contributed by atoms with van der Waals surface area (Å²) in [5.74, 6) is 0. The topological polar surface area (TPSA) is 35.5 Å². The lowest BCUT2D eigenvalue weighted by Crippen LogP contribution is -2.31. The molecule has 0 fully saturated rings. The Bertz CT molecular complexity index is 328. The van der Waals surface area contributed by atoms with Gasteiger partial charge in [-0.1, -0.05) is 12.1 Å². The Kier molecular flexibility index (Phi) is 5.31. The predicted molar refractivity (Wildman–Crippen MR) is 64.5 cm³/mol. The third-order valence-electron chi connectivity index (χ3n) is 2.43. The normalized spacial score (nSPS) is 12.8. The molecule has 1 unspecified atom stereocenters. The molecule has 1 atom stereocenters. The van der Waals surface area contributed by atoms with Gasteiger partial charge in [-0.3, -0.25) is 0 Å². The van der Waals surface area contributed by atoms with E-state index in [-0.39, 0.29) is 6.54 Å². The van der Waals surface area contributed by atoms with E-state index in [1.54, 1.807) is 0 Å². The summed E-state index contributed by atoms with van der Waals surface area (Å²) in [6.07, 6.45) is -4.30. The second kappa shape index (κ2) is 6.51. The third kappa shape index (κ3) is 4.66. The van der Waals surface area contributed by atoms with Gasteiger partial charge in [0.15, 0.2) is 0 Å². The average molecular weight is 244 g/mol. The quantitative estimate of drug-likeness (QED) is 0.795. The van der Waals surface area contributed by atoms with Crippen LogP contribution < -0.4 is 10.2 Å². The Labute approximate surface area is 100 Å². The molecule has 0 aliphatic heterocycles. The van der Waals surface area contributed by atoms with E-state index >= 15 is 0 Å². The largest absolute Gasteiger partial charge is 0.386 e. The van der Waals surface area contributed by atoms with Gasteiger partial charge in [0.1, 0.15) is 6.10 Å². The maximum atomic E-state index is 12.0. The molecule has 5 heteroatoms. The van der Waals surface area contributed by atoms with Crippen LogP contribution in [0.1, 0.15) is 5.56 Å². The molecule has 3 nitrogen and oxygen atoms in total. The van der Waals surface area contributed by atoms with Crippen LogP contribution in [0.5, 0.6) is 0 Å². The fraction of sp³-hybridized carbons (Fsp3) is 0.500. The lowest BCUT2D eigenvalue weighted by Gasteiger charge is -2.13. The molecule has 0 amide bonds. The van der Waals surface area contributed by atoms with Crippen LogP contribution in [0.25, 0.3) is 0 Å². The Hall–Kier alpha value is -1.20. The van der Waals surface area contributed by atoms with Gasteiger partial charge in [-0.25, -0.2) is 8.78 Å². The molecule has 0 aliphatic carbocycles. The predicted octanol–water partition coefficient (Wildman–Crippen LogP) is 1.47. The van der Waals surface area contributed by atoms with Crippen molar-refractivity contribution in [1.82, 2.24) is 5.32 Å². The van der Waals surface area contributed by atoms with Gasteiger partial charge in [0.05, 0.1) is 0 Å². The monoisotopic (exact) mass is 244 g/mol. The highest BCUT2D eigenvalue weighted by Gasteiger charge is 2.15. The number of rotatable bonds is 6. The van der Waals surface area contributed by atoms with Crippen molar-refractivity contribution in [3.63, 3.8) is 0 Å². The van der Waals surface area contributed by atoms with E-state index in [0.29, 0.717) is 6.54 Å². The van der Waals surface area contributed by atoms with Crippen LogP contribution in [-0.2, 0) is 6.54 Å². The summed E-state index contributed by atoms with van der Waals surface area (Å²) >= 11 is 0. The molecule has 0 spiro atoms. The summed E-state index contributed by atoms with van der Waals surface area (Å²) in [4.78, 5) is 1.98. The number of nitrogens with one attached hydrogen (secondary N) is 1. The standard InChI is InChI=1S/C12H18F2N2O/c1-16(2)10-5-3-9(4-6-10)7-15-8-11(17)12(13)14/h3-6,11-12,15,17H,7-8H2,1-2H3. The number of alkyl halides is 2. The highest BCUT2D eigenvalue weighted by atomic mass is 19.3. The molecule has 1 aromatic rings. The van der Waals surface area contributed by atoms with Gasteiger partial charge >= 0.3 is 0 Å². The molecule has 1 aromatic carbocycles. The molecule has 0 bridgehead atoms. The van der Waals surface area contributed by atoms with Crippen LogP contribution in [0.2, 0.25) is 0 Å². The number of aliphatic hydroxyl groups is 1. The summed E-state index contributed by atoms with van der Waals surface area (Å²) in [5, 5.41) is 11.7. The van der Waals surface area contributed by atoms with Gasteiger partial charge in [0.2, 0.25) is 0 Å². The molecule has 0 aliphatic rings. The molecule has 1 rings (SSSR count). The second-order valence-corrected chi connectivity index (χ2v) is 4.09. The molecule has 0 saturated heterocycles. The highest BCUT2D eigenvalue weighted by Crippen LogP contribution is 2.12. The van der Waals surface area contributed by atoms with E-state index in [1.807, 2.05) is 43.3 Å². The zero-order chi connectivity index (χ0) is 12.8. The van der Waals surface area contributed by atoms with Gasteiger partial charge in [0.25, 0.3) is 6.43 Å². The fourth-order valence-corrected chi connectivity index (χ4v) is 1.37. The van der Waals surface area contributed by atoms with Crippen LogP contribution in [0.15, 0.2) is 24.3 Å². The van der Waals surface area contributed by atoms with Gasteiger partial charge < -0.3 is 15.3 Å². The molecule has 17 heavy (non-hydrogen) atoms. The van der Waals surface area contributed by atoms with E-state index in [2.05, 4.69) is 5.32 Å². The van der Waals surface area contributed by atoms with Gasteiger partial charge in [-0.05, 0) is 17.7 Å². The van der Waals surface area contributed by atoms with Crippen LogP contribution in [0.3, 0.4) is 0 Å². The molecule has 2 N–H and O–H groups in total. The molecule has 0 radical (unpaired) electrons. The maximum Gasteiger partial charge on any atom is 0.265 e. The summed E-state index contributed by atoms with van der Waals surface area (Å²) in [6, 6.07) is 7.77. The van der Waals surface area contributed by atoms with Crippen LogP contribution in [0, 0.1) is 0 Å². The summed E-state index contributed by atoms with van der Waals surface area (Å²) in [6.45, 7) is 0.366. The first kappa shape index (κ1) is 13.9. The van der Waals surface area contributed by atoms with Crippen LogP contribution in [0.4, 0.5) is 14.5 Å². The van der Waals surface area contributed by atoms with Crippen molar-refractivity contribution in [2.24, 2.45) is 0 Å². The van der Waals surface area contributed by atoms with Crippen molar-refractivity contribution < 1.29 is 13.9 Å². The Morgan fingerprint density at radius 2 is 1.82 bits per heavy atom. The van der Waals surface area contributed by atoms with Crippen molar-refractivity contribution in [3.05, 3.63) is 29.8 Å². The Balaban J connectivity index is 2.37. The maximum absolute atomic E-state index is 12.0. The lowest BCUT2D eigenvalue weighted by atomic mass is 10.2. The Morgan fingerprint density at radius 3 is 2.29 bits per heavy atom. The first-order chi connectivity index (χ1) is 8.00. The van der Waals surface area contributed by atoms with Gasteiger partial charge in [-0.15, -0.1) is 0 Å². The van der Waals surface area contributed by atoms with E-state index in [4.69, 9.17) is 5.11 Å². The first-order valence-electron chi connectivity index (χ1n) is 5.44. The fourth-order valence-electron chi connectivity index (χ4n) is 1.37. The molecule has 0 saturated carbocycles. The number of hydrogen-bond acceptors (Lipinski definition) is 3.